The smallest absolute Gasteiger partial charge is 0.224 e. The van der Waals surface area contributed by atoms with Crippen LogP contribution in [0.15, 0.2) is 36.5 Å². The standard InChI is InChI=1S/C16H20N4O/c21-16(7-6-13-5-2-9-17-13)19-14-4-1-3-12(11-14)15-8-10-18-20-15/h1,3-4,8,10-11,13,17H,2,5-7,9H2,(H,18,20)(H,19,21). The van der Waals surface area contributed by atoms with Crippen LogP contribution in [-0.4, -0.2) is 28.7 Å². The molecule has 1 aromatic carbocycles. The van der Waals surface area contributed by atoms with Crippen molar-refractivity contribution in [2.75, 3.05) is 11.9 Å². The summed E-state index contributed by atoms with van der Waals surface area (Å²) in [7, 11) is 0. The van der Waals surface area contributed by atoms with Crippen LogP contribution in [-0.2, 0) is 4.79 Å². The number of carbonyl (C=O) groups is 1. The summed E-state index contributed by atoms with van der Waals surface area (Å²) in [5, 5.41) is 13.2. The van der Waals surface area contributed by atoms with Crippen LogP contribution in [0.1, 0.15) is 25.7 Å². The molecule has 1 amide bonds. The largest absolute Gasteiger partial charge is 0.326 e. The van der Waals surface area contributed by atoms with Crippen molar-refractivity contribution in [2.45, 2.75) is 31.7 Å². The van der Waals surface area contributed by atoms with Gasteiger partial charge in [-0.2, -0.15) is 5.10 Å². The molecule has 3 rings (SSSR count). The maximum atomic E-state index is 12.0. The van der Waals surface area contributed by atoms with Gasteiger partial charge in [-0.15, -0.1) is 0 Å². The Morgan fingerprint density at radius 2 is 2.33 bits per heavy atom. The Bertz CT molecular complexity index is 588. The third-order valence-corrected chi connectivity index (χ3v) is 3.84. The van der Waals surface area contributed by atoms with Crippen LogP contribution in [0.3, 0.4) is 0 Å². The minimum Gasteiger partial charge on any atom is -0.326 e. The summed E-state index contributed by atoms with van der Waals surface area (Å²) in [6.45, 7) is 1.08. The first kappa shape index (κ1) is 13.8. The monoisotopic (exact) mass is 284 g/mol. The molecule has 1 fully saturated rings. The third-order valence-electron chi connectivity index (χ3n) is 3.84. The fraction of sp³-hybridized carbons (Fsp3) is 0.375. The van der Waals surface area contributed by atoms with Crippen molar-refractivity contribution >= 4 is 11.6 Å². The number of rotatable bonds is 5. The number of amides is 1. The van der Waals surface area contributed by atoms with Gasteiger partial charge in [-0.25, -0.2) is 0 Å². The van der Waals surface area contributed by atoms with Crippen molar-refractivity contribution in [3.63, 3.8) is 0 Å². The van der Waals surface area contributed by atoms with Gasteiger partial charge in [0, 0.05) is 29.9 Å². The van der Waals surface area contributed by atoms with Crippen LogP contribution in [0, 0.1) is 0 Å². The highest BCUT2D eigenvalue weighted by Crippen LogP contribution is 2.20. The average molecular weight is 284 g/mol. The number of aromatic amines is 1. The summed E-state index contributed by atoms with van der Waals surface area (Å²) in [5.74, 6) is 0.0745. The molecule has 1 aliphatic rings. The lowest BCUT2D eigenvalue weighted by atomic mass is 10.1. The minimum absolute atomic E-state index is 0.0745. The van der Waals surface area contributed by atoms with Crippen LogP contribution in [0.4, 0.5) is 5.69 Å². The van der Waals surface area contributed by atoms with Crippen LogP contribution < -0.4 is 10.6 Å². The second kappa shape index (κ2) is 6.54. The number of nitrogens with one attached hydrogen (secondary N) is 3. The molecule has 2 heterocycles. The average Bonchev–Trinajstić information content (AvgIpc) is 3.19. The molecule has 1 unspecified atom stereocenters. The normalized spacial score (nSPS) is 17.8. The number of carbonyl (C=O) groups excluding carboxylic acids is 1. The van der Waals surface area contributed by atoms with E-state index in [0.29, 0.717) is 12.5 Å². The van der Waals surface area contributed by atoms with Gasteiger partial charge in [0.25, 0.3) is 0 Å². The zero-order valence-electron chi connectivity index (χ0n) is 11.9. The molecule has 1 aromatic heterocycles. The van der Waals surface area contributed by atoms with Gasteiger partial charge in [-0.05, 0) is 44.0 Å². The molecule has 3 N–H and O–H groups in total. The number of anilines is 1. The van der Waals surface area contributed by atoms with Crippen molar-refractivity contribution in [1.82, 2.24) is 15.5 Å². The first-order chi connectivity index (χ1) is 10.3. The number of nitrogens with zero attached hydrogens (tertiary/aromatic N) is 1. The molecule has 110 valence electrons. The minimum atomic E-state index is 0.0745. The summed E-state index contributed by atoms with van der Waals surface area (Å²) < 4.78 is 0. The maximum Gasteiger partial charge on any atom is 0.224 e. The van der Waals surface area contributed by atoms with Gasteiger partial charge in [0.1, 0.15) is 0 Å². The first-order valence-corrected chi connectivity index (χ1v) is 7.44. The predicted molar refractivity (Wildman–Crippen MR) is 82.9 cm³/mol. The van der Waals surface area contributed by atoms with Crippen LogP contribution >= 0.6 is 0 Å². The third kappa shape index (κ3) is 3.70. The first-order valence-electron chi connectivity index (χ1n) is 7.44. The van der Waals surface area contributed by atoms with Gasteiger partial charge in [0.2, 0.25) is 5.91 Å². The summed E-state index contributed by atoms with van der Waals surface area (Å²) in [5.41, 5.74) is 2.79. The van der Waals surface area contributed by atoms with Crippen molar-refractivity contribution in [3.05, 3.63) is 36.5 Å². The summed E-state index contributed by atoms with van der Waals surface area (Å²) in [6, 6.07) is 10.2. The van der Waals surface area contributed by atoms with E-state index in [2.05, 4.69) is 20.8 Å². The fourth-order valence-electron chi connectivity index (χ4n) is 2.71. The van der Waals surface area contributed by atoms with Gasteiger partial charge in [0.05, 0.1) is 5.69 Å². The molecule has 0 aliphatic carbocycles. The van der Waals surface area contributed by atoms with E-state index in [1.807, 2.05) is 30.3 Å². The summed E-state index contributed by atoms with van der Waals surface area (Å²) >= 11 is 0. The van der Waals surface area contributed by atoms with E-state index in [9.17, 15) is 4.79 Å². The van der Waals surface area contributed by atoms with Crippen molar-refractivity contribution in [3.8, 4) is 11.3 Å². The predicted octanol–water partition coefficient (Wildman–Crippen LogP) is 2.55. The van der Waals surface area contributed by atoms with Gasteiger partial charge >= 0.3 is 0 Å². The highest BCUT2D eigenvalue weighted by atomic mass is 16.1. The lowest BCUT2D eigenvalue weighted by molar-refractivity contribution is -0.116. The van der Waals surface area contributed by atoms with Gasteiger partial charge in [-0.1, -0.05) is 12.1 Å². The van der Waals surface area contributed by atoms with Crippen molar-refractivity contribution in [2.24, 2.45) is 0 Å². The van der Waals surface area contributed by atoms with E-state index >= 15 is 0 Å². The van der Waals surface area contributed by atoms with Gasteiger partial charge < -0.3 is 10.6 Å². The topological polar surface area (TPSA) is 69.8 Å². The number of hydrogen-bond donors (Lipinski definition) is 3. The molecule has 0 saturated carbocycles. The molecular weight excluding hydrogens is 264 g/mol. The Labute approximate surface area is 124 Å². The molecule has 1 saturated heterocycles. The Balaban J connectivity index is 1.56. The molecule has 5 nitrogen and oxygen atoms in total. The summed E-state index contributed by atoms with van der Waals surface area (Å²) in [4.78, 5) is 12.0. The van der Waals surface area contributed by atoms with E-state index in [4.69, 9.17) is 0 Å². The highest BCUT2D eigenvalue weighted by molar-refractivity contribution is 5.91. The Kier molecular flexibility index (Phi) is 4.31. The van der Waals surface area contributed by atoms with E-state index in [0.717, 1.165) is 29.9 Å². The Hall–Kier alpha value is -2.14. The fourth-order valence-corrected chi connectivity index (χ4v) is 2.71. The summed E-state index contributed by atoms with van der Waals surface area (Å²) in [6.07, 6.45) is 5.59. The zero-order valence-corrected chi connectivity index (χ0v) is 11.9. The highest BCUT2D eigenvalue weighted by Gasteiger charge is 2.15. The molecule has 5 heteroatoms. The molecular formula is C16H20N4O. The van der Waals surface area contributed by atoms with Crippen molar-refractivity contribution < 1.29 is 4.79 Å². The number of aromatic nitrogens is 2. The lowest BCUT2D eigenvalue weighted by Gasteiger charge is -2.10. The van der Waals surface area contributed by atoms with E-state index < -0.39 is 0 Å². The molecule has 0 radical (unpaired) electrons. The molecule has 2 aromatic rings. The maximum absolute atomic E-state index is 12.0. The second-order valence-electron chi connectivity index (χ2n) is 5.43. The SMILES string of the molecule is O=C(CCC1CCCN1)Nc1cccc(-c2ccn[nH]2)c1. The number of hydrogen-bond acceptors (Lipinski definition) is 3. The molecule has 1 aliphatic heterocycles. The molecule has 0 spiro atoms. The zero-order chi connectivity index (χ0) is 14.5. The number of H-pyrrole nitrogens is 1. The number of benzene rings is 1. The Morgan fingerprint density at radius 3 is 3.10 bits per heavy atom. The van der Waals surface area contributed by atoms with Gasteiger partial charge in [0.15, 0.2) is 0 Å². The van der Waals surface area contributed by atoms with Crippen LogP contribution in [0.2, 0.25) is 0 Å². The second-order valence-corrected chi connectivity index (χ2v) is 5.43. The van der Waals surface area contributed by atoms with Gasteiger partial charge in [-0.3, -0.25) is 9.89 Å². The lowest BCUT2D eigenvalue weighted by Crippen LogP contribution is -2.23. The Morgan fingerprint density at radius 1 is 1.38 bits per heavy atom. The molecule has 0 bridgehead atoms. The molecule has 21 heavy (non-hydrogen) atoms. The van der Waals surface area contributed by atoms with Crippen molar-refractivity contribution in [1.29, 1.82) is 0 Å². The van der Waals surface area contributed by atoms with E-state index in [-0.39, 0.29) is 5.91 Å². The molecule has 1 atom stereocenters. The van der Waals surface area contributed by atoms with E-state index in [1.54, 1.807) is 6.20 Å². The quantitative estimate of drug-likeness (QED) is 0.790. The van der Waals surface area contributed by atoms with E-state index in [1.165, 1.54) is 12.8 Å². The van der Waals surface area contributed by atoms with Crippen LogP contribution in [0.25, 0.3) is 11.3 Å². The van der Waals surface area contributed by atoms with Crippen LogP contribution in [0.5, 0.6) is 0 Å².